The van der Waals surface area contributed by atoms with Crippen LogP contribution in [0.5, 0.6) is 0 Å². The summed E-state index contributed by atoms with van der Waals surface area (Å²) in [7, 11) is 0. The summed E-state index contributed by atoms with van der Waals surface area (Å²) in [5.41, 5.74) is 1.40. The van der Waals surface area contributed by atoms with Crippen LogP contribution in [0, 0.1) is 28.1 Å². The largest absolute Gasteiger partial charge is 0.472 e. The van der Waals surface area contributed by atoms with Crippen molar-refractivity contribution in [3.05, 3.63) is 48.0 Å². The van der Waals surface area contributed by atoms with E-state index in [1.54, 1.807) is 12.3 Å². The van der Waals surface area contributed by atoms with E-state index in [0.29, 0.717) is 12.3 Å². The monoisotopic (exact) mass is 452 g/mol. The van der Waals surface area contributed by atoms with Gasteiger partial charge in [0.05, 0.1) is 12.5 Å². The van der Waals surface area contributed by atoms with Gasteiger partial charge in [0.2, 0.25) is 0 Å². The zero-order valence-corrected chi connectivity index (χ0v) is 20.6. The van der Waals surface area contributed by atoms with Gasteiger partial charge >= 0.3 is 11.9 Å². The third-order valence-electron chi connectivity index (χ3n) is 9.85. The van der Waals surface area contributed by atoms with E-state index in [9.17, 15) is 9.59 Å². The molecule has 0 saturated heterocycles. The van der Waals surface area contributed by atoms with E-state index in [0.717, 1.165) is 19.3 Å². The van der Waals surface area contributed by atoms with Crippen LogP contribution in [0.3, 0.4) is 0 Å². The van der Waals surface area contributed by atoms with E-state index in [-0.39, 0.29) is 46.1 Å². The molecule has 0 spiro atoms. The Balaban J connectivity index is 1.65. The molecular formula is C28H36O5. The molecule has 1 aliphatic heterocycles. The second-order valence-corrected chi connectivity index (χ2v) is 11.9. The summed E-state index contributed by atoms with van der Waals surface area (Å²) in [6.07, 6.45) is 13.2. The number of ether oxygens (including phenoxy) is 2. The molecule has 2 saturated carbocycles. The second-order valence-electron chi connectivity index (χ2n) is 11.9. The molecule has 7 unspecified atom stereocenters. The molecule has 33 heavy (non-hydrogen) atoms. The van der Waals surface area contributed by atoms with Crippen LogP contribution >= 0.6 is 0 Å². The highest BCUT2D eigenvalue weighted by molar-refractivity contribution is 5.83. The smallest absolute Gasteiger partial charge is 0.330 e. The highest BCUT2D eigenvalue weighted by Gasteiger charge is 2.68. The summed E-state index contributed by atoms with van der Waals surface area (Å²) in [5.74, 6) is 0.0900. The fraction of sp³-hybridized carbons (Fsp3) is 0.643. The third-order valence-corrected chi connectivity index (χ3v) is 9.85. The van der Waals surface area contributed by atoms with Gasteiger partial charge in [0.1, 0.15) is 11.7 Å². The van der Waals surface area contributed by atoms with Crippen LogP contribution in [0.2, 0.25) is 0 Å². The lowest BCUT2D eigenvalue weighted by Crippen LogP contribution is -2.63. The predicted molar refractivity (Wildman–Crippen MR) is 124 cm³/mol. The first-order valence-corrected chi connectivity index (χ1v) is 12.3. The van der Waals surface area contributed by atoms with E-state index in [2.05, 4.69) is 39.0 Å². The topological polar surface area (TPSA) is 65.7 Å². The first kappa shape index (κ1) is 22.5. The average molecular weight is 453 g/mol. The van der Waals surface area contributed by atoms with E-state index in [1.807, 2.05) is 20.1 Å². The van der Waals surface area contributed by atoms with Gasteiger partial charge < -0.3 is 13.9 Å². The molecule has 5 rings (SSSR count). The molecule has 1 aromatic rings. The molecule has 5 heteroatoms. The lowest BCUT2D eigenvalue weighted by molar-refractivity contribution is -0.200. The fourth-order valence-corrected chi connectivity index (χ4v) is 8.53. The highest BCUT2D eigenvalue weighted by Crippen LogP contribution is 2.72. The Morgan fingerprint density at radius 3 is 2.58 bits per heavy atom. The van der Waals surface area contributed by atoms with Gasteiger partial charge in [-0.25, -0.2) is 4.79 Å². The first-order valence-electron chi connectivity index (χ1n) is 12.3. The van der Waals surface area contributed by atoms with Crippen molar-refractivity contribution in [3.63, 3.8) is 0 Å². The zero-order valence-electron chi connectivity index (χ0n) is 20.6. The standard InChI is InChI=1S/C28H36O5/c1-17(29)32-23-15-22-25(2,3)33-24(30)10-13-27(22,5)21-9-12-26(4)19(18-11-14-31-16-18)7-8-20(26)28(21,23)6/h8,10-11,13-14,16,19,21-23H,7,9,12,15H2,1-6H3. The van der Waals surface area contributed by atoms with E-state index >= 15 is 0 Å². The van der Waals surface area contributed by atoms with Gasteiger partial charge in [-0.3, -0.25) is 4.79 Å². The number of carbonyl (C=O) groups excluding carboxylic acids is 2. The van der Waals surface area contributed by atoms with Gasteiger partial charge in [-0.05, 0) is 73.8 Å². The van der Waals surface area contributed by atoms with Crippen LogP contribution in [0.1, 0.15) is 78.7 Å². The molecule has 0 aromatic carbocycles. The van der Waals surface area contributed by atoms with Crippen LogP contribution in [-0.2, 0) is 19.1 Å². The Labute approximate surface area is 196 Å². The molecule has 0 bridgehead atoms. The Morgan fingerprint density at radius 1 is 1.15 bits per heavy atom. The molecule has 3 aliphatic carbocycles. The van der Waals surface area contributed by atoms with Crippen molar-refractivity contribution in [2.24, 2.45) is 28.1 Å². The Kier molecular flexibility index (Phi) is 4.84. The molecule has 0 N–H and O–H groups in total. The van der Waals surface area contributed by atoms with Crippen molar-refractivity contribution in [3.8, 4) is 0 Å². The van der Waals surface area contributed by atoms with Gasteiger partial charge in [0.15, 0.2) is 0 Å². The molecule has 1 aromatic heterocycles. The number of fused-ring (bicyclic) bond motifs is 5. The number of cyclic esters (lactones) is 1. The van der Waals surface area contributed by atoms with Crippen LogP contribution in [0.15, 0.2) is 46.8 Å². The minimum Gasteiger partial charge on any atom is -0.472 e. The summed E-state index contributed by atoms with van der Waals surface area (Å²) in [6.45, 7) is 12.5. The number of hydrogen-bond donors (Lipinski definition) is 0. The number of hydrogen-bond acceptors (Lipinski definition) is 5. The summed E-state index contributed by atoms with van der Waals surface area (Å²) in [4.78, 5) is 24.8. The maximum absolute atomic E-state index is 12.5. The molecule has 2 heterocycles. The van der Waals surface area contributed by atoms with E-state index in [4.69, 9.17) is 13.9 Å². The van der Waals surface area contributed by atoms with Gasteiger partial charge in [-0.1, -0.05) is 38.5 Å². The molecular weight excluding hydrogens is 416 g/mol. The third kappa shape index (κ3) is 3.03. The molecule has 7 atom stereocenters. The van der Waals surface area contributed by atoms with Crippen molar-refractivity contribution in [2.45, 2.75) is 84.8 Å². The van der Waals surface area contributed by atoms with Crippen LogP contribution in [-0.4, -0.2) is 23.6 Å². The van der Waals surface area contributed by atoms with E-state index < -0.39 is 5.60 Å². The average Bonchev–Trinajstić information content (AvgIpc) is 3.33. The lowest BCUT2D eigenvalue weighted by atomic mass is 9.40. The van der Waals surface area contributed by atoms with Gasteiger partial charge in [-0.2, -0.15) is 0 Å². The number of esters is 2. The van der Waals surface area contributed by atoms with Gasteiger partial charge in [-0.15, -0.1) is 0 Å². The quantitative estimate of drug-likeness (QED) is 0.409. The van der Waals surface area contributed by atoms with Crippen molar-refractivity contribution in [1.82, 2.24) is 0 Å². The molecule has 2 fully saturated rings. The second kappa shape index (κ2) is 7.10. The molecule has 178 valence electrons. The molecule has 0 radical (unpaired) electrons. The van der Waals surface area contributed by atoms with Gasteiger partial charge in [0.25, 0.3) is 0 Å². The number of rotatable bonds is 2. The van der Waals surface area contributed by atoms with Crippen LogP contribution in [0.25, 0.3) is 0 Å². The number of carbonyl (C=O) groups is 2. The lowest BCUT2D eigenvalue weighted by Gasteiger charge is -2.65. The Morgan fingerprint density at radius 2 is 1.91 bits per heavy atom. The van der Waals surface area contributed by atoms with Gasteiger partial charge in [0, 0.05) is 24.3 Å². The van der Waals surface area contributed by atoms with Crippen molar-refractivity contribution in [1.29, 1.82) is 0 Å². The first-order chi connectivity index (χ1) is 15.4. The summed E-state index contributed by atoms with van der Waals surface area (Å²) < 4.78 is 17.5. The summed E-state index contributed by atoms with van der Waals surface area (Å²) in [5, 5.41) is 0. The minimum absolute atomic E-state index is 0.0208. The summed E-state index contributed by atoms with van der Waals surface area (Å²) >= 11 is 0. The van der Waals surface area contributed by atoms with E-state index in [1.165, 1.54) is 18.1 Å². The van der Waals surface area contributed by atoms with Crippen molar-refractivity contribution < 1.29 is 23.5 Å². The highest BCUT2D eigenvalue weighted by atomic mass is 16.6. The minimum atomic E-state index is -0.654. The predicted octanol–water partition coefficient (Wildman–Crippen LogP) is 5.97. The maximum atomic E-state index is 12.5. The summed E-state index contributed by atoms with van der Waals surface area (Å²) in [6, 6.07) is 2.09. The van der Waals surface area contributed by atoms with Crippen LogP contribution < -0.4 is 0 Å². The molecule has 0 amide bonds. The van der Waals surface area contributed by atoms with Crippen LogP contribution in [0.4, 0.5) is 0 Å². The SMILES string of the molecule is CC(=O)OC1CC2C(C)(C)OC(=O)C=CC2(C)C2CCC3(C)C(=CCC3c3ccoc3)C12C. The number of furan rings is 1. The van der Waals surface area contributed by atoms with Crippen molar-refractivity contribution >= 4 is 11.9 Å². The molecule has 5 nitrogen and oxygen atoms in total. The Bertz CT molecular complexity index is 1030. The fourth-order valence-electron chi connectivity index (χ4n) is 8.53. The Hall–Kier alpha value is -2.30. The zero-order chi connectivity index (χ0) is 23.8. The number of allylic oxidation sites excluding steroid dienone is 2. The normalized spacial score (nSPS) is 43.5. The maximum Gasteiger partial charge on any atom is 0.330 e. The molecule has 4 aliphatic rings. The van der Waals surface area contributed by atoms with Crippen molar-refractivity contribution in [2.75, 3.05) is 0 Å².